The van der Waals surface area contributed by atoms with Gasteiger partial charge in [0.25, 0.3) is 0 Å². The summed E-state index contributed by atoms with van der Waals surface area (Å²) >= 11 is 0. The van der Waals surface area contributed by atoms with E-state index in [0.29, 0.717) is 5.92 Å². The SMILES string of the molecule is CC(C)CCN(C)c1ccc(/C=C(\C#N)c2nc(N)c(C#N)c(N)c2C#N)cc1. The Bertz CT molecular complexity index is 1050. The molecule has 146 valence electrons. The number of hydrogen-bond donors (Lipinski definition) is 2. The summed E-state index contributed by atoms with van der Waals surface area (Å²) in [6, 6.07) is 13.5. The first-order valence-corrected chi connectivity index (χ1v) is 9.14. The molecule has 0 amide bonds. The predicted molar refractivity (Wildman–Crippen MR) is 115 cm³/mol. The van der Waals surface area contributed by atoms with Crippen molar-refractivity contribution in [3.63, 3.8) is 0 Å². The van der Waals surface area contributed by atoms with Gasteiger partial charge in [-0.1, -0.05) is 26.0 Å². The van der Waals surface area contributed by atoms with Crippen LogP contribution in [0.2, 0.25) is 0 Å². The van der Waals surface area contributed by atoms with Crippen LogP contribution in [0, 0.1) is 39.9 Å². The molecule has 0 spiro atoms. The zero-order valence-electron chi connectivity index (χ0n) is 16.8. The van der Waals surface area contributed by atoms with Gasteiger partial charge in [-0.05, 0) is 36.1 Å². The van der Waals surface area contributed by atoms with E-state index < -0.39 is 0 Å². The van der Waals surface area contributed by atoms with Gasteiger partial charge in [-0.15, -0.1) is 0 Å². The summed E-state index contributed by atoms with van der Waals surface area (Å²) in [5.41, 5.74) is 13.6. The molecule has 1 aromatic carbocycles. The summed E-state index contributed by atoms with van der Waals surface area (Å²) in [4.78, 5) is 6.26. The molecule has 7 heteroatoms. The number of nitrogens with two attached hydrogens (primary N) is 2. The minimum Gasteiger partial charge on any atom is -0.396 e. The van der Waals surface area contributed by atoms with Gasteiger partial charge < -0.3 is 16.4 Å². The van der Waals surface area contributed by atoms with Gasteiger partial charge in [-0.3, -0.25) is 0 Å². The topological polar surface area (TPSA) is 140 Å². The molecule has 7 nitrogen and oxygen atoms in total. The Morgan fingerprint density at radius 1 is 1.10 bits per heavy atom. The highest BCUT2D eigenvalue weighted by molar-refractivity contribution is 5.93. The van der Waals surface area contributed by atoms with Gasteiger partial charge in [-0.2, -0.15) is 15.8 Å². The van der Waals surface area contributed by atoms with Crippen molar-refractivity contribution in [1.29, 1.82) is 15.8 Å². The number of rotatable bonds is 6. The van der Waals surface area contributed by atoms with Crippen LogP contribution in [-0.4, -0.2) is 18.6 Å². The van der Waals surface area contributed by atoms with E-state index in [1.807, 2.05) is 49.5 Å². The van der Waals surface area contributed by atoms with Gasteiger partial charge in [0.05, 0.1) is 11.3 Å². The minimum atomic E-state index is -0.109. The van der Waals surface area contributed by atoms with Gasteiger partial charge in [0, 0.05) is 19.3 Å². The molecule has 0 aliphatic carbocycles. The molecule has 0 unspecified atom stereocenters. The first-order valence-electron chi connectivity index (χ1n) is 9.14. The molecule has 0 bridgehead atoms. The number of nitriles is 3. The summed E-state index contributed by atoms with van der Waals surface area (Å²) in [5.74, 6) is 0.522. The second-order valence-electron chi connectivity index (χ2n) is 7.10. The van der Waals surface area contributed by atoms with Crippen molar-refractivity contribution in [2.45, 2.75) is 20.3 Å². The highest BCUT2D eigenvalue weighted by atomic mass is 15.1. The lowest BCUT2D eigenvalue weighted by Crippen LogP contribution is -2.19. The third-order valence-electron chi connectivity index (χ3n) is 4.55. The molecular formula is C22H23N7. The number of anilines is 3. The number of nitrogen functional groups attached to an aromatic ring is 2. The minimum absolute atomic E-state index is 0.0337. The molecule has 2 aromatic rings. The smallest absolute Gasteiger partial charge is 0.144 e. The fourth-order valence-corrected chi connectivity index (χ4v) is 2.77. The molecule has 0 saturated heterocycles. The lowest BCUT2D eigenvalue weighted by Gasteiger charge is -2.20. The maximum Gasteiger partial charge on any atom is 0.144 e. The Kier molecular flexibility index (Phi) is 6.80. The highest BCUT2D eigenvalue weighted by Gasteiger charge is 2.19. The first-order chi connectivity index (χ1) is 13.8. The Morgan fingerprint density at radius 2 is 1.72 bits per heavy atom. The fraction of sp³-hybridized carbons (Fsp3) is 0.273. The number of pyridine rings is 1. The molecule has 0 atom stereocenters. The number of benzene rings is 1. The molecule has 0 fully saturated rings. The third kappa shape index (κ3) is 4.83. The monoisotopic (exact) mass is 385 g/mol. The Labute approximate surface area is 171 Å². The van der Waals surface area contributed by atoms with Gasteiger partial charge in [0.1, 0.15) is 40.8 Å². The highest BCUT2D eigenvalue weighted by Crippen LogP contribution is 2.29. The van der Waals surface area contributed by atoms with Crippen LogP contribution in [0.4, 0.5) is 17.2 Å². The van der Waals surface area contributed by atoms with Crippen LogP contribution in [0.25, 0.3) is 11.6 Å². The Hall–Kier alpha value is -4.02. The molecule has 0 radical (unpaired) electrons. The Balaban J connectivity index is 2.40. The second kappa shape index (κ2) is 9.26. The van der Waals surface area contributed by atoms with Crippen molar-refractivity contribution in [1.82, 2.24) is 4.98 Å². The van der Waals surface area contributed by atoms with Crippen LogP contribution in [-0.2, 0) is 0 Å². The predicted octanol–water partition coefficient (Wildman–Crippen LogP) is 3.54. The van der Waals surface area contributed by atoms with Crippen LogP contribution in [0.1, 0.15) is 42.7 Å². The number of hydrogen-bond acceptors (Lipinski definition) is 7. The number of allylic oxidation sites excluding steroid dienone is 1. The average Bonchev–Trinajstić information content (AvgIpc) is 2.70. The van der Waals surface area contributed by atoms with Crippen molar-refractivity contribution in [3.05, 3.63) is 46.6 Å². The molecule has 1 heterocycles. The van der Waals surface area contributed by atoms with Crippen molar-refractivity contribution >= 4 is 28.8 Å². The van der Waals surface area contributed by atoms with E-state index >= 15 is 0 Å². The molecule has 1 aromatic heterocycles. The maximum absolute atomic E-state index is 9.61. The normalized spacial score (nSPS) is 10.9. The summed E-state index contributed by atoms with van der Waals surface area (Å²) in [7, 11) is 2.04. The molecule has 0 saturated carbocycles. The molecule has 29 heavy (non-hydrogen) atoms. The second-order valence-corrected chi connectivity index (χ2v) is 7.10. The zero-order chi connectivity index (χ0) is 21.6. The van der Waals surface area contributed by atoms with Crippen LogP contribution < -0.4 is 16.4 Å². The van der Waals surface area contributed by atoms with Crippen LogP contribution in [0.15, 0.2) is 24.3 Å². The average molecular weight is 385 g/mol. The van der Waals surface area contributed by atoms with E-state index in [0.717, 1.165) is 24.2 Å². The van der Waals surface area contributed by atoms with E-state index in [4.69, 9.17) is 16.7 Å². The summed E-state index contributed by atoms with van der Waals surface area (Å²) in [6.45, 7) is 5.34. The summed E-state index contributed by atoms with van der Waals surface area (Å²) < 4.78 is 0. The lowest BCUT2D eigenvalue weighted by atomic mass is 10.0. The summed E-state index contributed by atoms with van der Waals surface area (Å²) in [5, 5.41) is 28.2. The van der Waals surface area contributed by atoms with Gasteiger partial charge in [0.2, 0.25) is 0 Å². The van der Waals surface area contributed by atoms with Crippen molar-refractivity contribution in [2.24, 2.45) is 5.92 Å². The van der Waals surface area contributed by atoms with E-state index in [9.17, 15) is 10.5 Å². The standard InChI is InChI=1S/C22H23N7/c1-14(2)8-9-29(3)17-6-4-15(5-7-17)10-16(11-23)21-18(12-24)20(26)19(13-25)22(27)28-21/h4-7,10,14H,8-9H2,1-3H3,(H4,26,27,28)/b16-10+. The fourth-order valence-electron chi connectivity index (χ4n) is 2.77. The quantitative estimate of drug-likeness (QED) is 0.725. The molecule has 4 N–H and O–H groups in total. The lowest BCUT2D eigenvalue weighted by molar-refractivity contribution is 0.585. The first kappa shape index (κ1) is 21.3. The summed E-state index contributed by atoms with van der Waals surface area (Å²) in [6.07, 6.45) is 2.72. The largest absolute Gasteiger partial charge is 0.396 e. The zero-order valence-corrected chi connectivity index (χ0v) is 16.8. The van der Waals surface area contributed by atoms with E-state index in [1.54, 1.807) is 6.08 Å². The number of aromatic nitrogens is 1. The molecule has 2 rings (SSSR count). The van der Waals surface area contributed by atoms with E-state index in [2.05, 4.69) is 23.7 Å². The molecular weight excluding hydrogens is 362 g/mol. The van der Waals surface area contributed by atoms with Crippen molar-refractivity contribution < 1.29 is 0 Å². The Morgan fingerprint density at radius 3 is 2.24 bits per heavy atom. The number of nitrogens with zero attached hydrogens (tertiary/aromatic N) is 5. The van der Waals surface area contributed by atoms with Crippen LogP contribution in [0.3, 0.4) is 0 Å². The maximum atomic E-state index is 9.61. The molecule has 0 aliphatic rings. The third-order valence-corrected chi connectivity index (χ3v) is 4.55. The van der Waals surface area contributed by atoms with Gasteiger partial charge >= 0.3 is 0 Å². The van der Waals surface area contributed by atoms with Gasteiger partial charge in [-0.25, -0.2) is 4.98 Å². The van der Waals surface area contributed by atoms with Crippen LogP contribution in [0.5, 0.6) is 0 Å². The van der Waals surface area contributed by atoms with Crippen LogP contribution >= 0.6 is 0 Å². The van der Waals surface area contributed by atoms with E-state index in [-0.39, 0.29) is 33.9 Å². The molecule has 0 aliphatic heterocycles. The van der Waals surface area contributed by atoms with E-state index in [1.165, 1.54) is 0 Å². The van der Waals surface area contributed by atoms with Crippen molar-refractivity contribution in [2.75, 3.05) is 30.0 Å². The van der Waals surface area contributed by atoms with Crippen molar-refractivity contribution in [3.8, 4) is 18.2 Å². The van der Waals surface area contributed by atoms with Gasteiger partial charge in [0.15, 0.2) is 0 Å².